The minimum atomic E-state index is -5.00. The first-order chi connectivity index (χ1) is 34.4. The molecular formula is C50H44F4N8O10. The zero-order chi connectivity index (χ0) is 50.8. The number of aryl methyl sites for hydroxylation is 1. The second-order valence-corrected chi connectivity index (χ2v) is 18.3. The summed E-state index contributed by atoms with van der Waals surface area (Å²) in [5.74, 6) is -3.09. The third-order valence-corrected chi connectivity index (χ3v) is 13.5. The van der Waals surface area contributed by atoms with Gasteiger partial charge in [0.2, 0.25) is 29.0 Å². The van der Waals surface area contributed by atoms with E-state index in [1.807, 2.05) is 17.0 Å². The number of carbonyl (C=O) groups excluding carboxylic acids is 5. The van der Waals surface area contributed by atoms with Crippen LogP contribution in [0.1, 0.15) is 57.7 Å². The molecule has 2 N–H and O–H groups in total. The molecule has 0 aliphatic carbocycles. The maximum absolute atomic E-state index is 15.6. The molecule has 4 aromatic carbocycles. The smallest absolute Gasteiger partial charge is 0.493 e. The van der Waals surface area contributed by atoms with Crippen molar-refractivity contribution in [3.05, 3.63) is 111 Å². The monoisotopic (exact) mass is 992 g/mol. The number of nitrogens with zero attached hydrogens (tertiary/aromatic N) is 6. The fraction of sp³-hybridized carbons (Fsp3) is 0.320. The van der Waals surface area contributed by atoms with Crippen LogP contribution in [0, 0.1) is 18.2 Å². The van der Waals surface area contributed by atoms with E-state index >= 15 is 4.39 Å². The lowest BCUT2D eigenvalue weighted by atomic mass is 9.72. The van der Waals surface area contributed by atoms with E-state index in [0.29, 0.717) is 60.4 Å². The molecule has 3 saturated heterocycles. The van der Waals surface area contributed by atoms with Crippen LogP contribution in [0.5, 0.6) is 28.9 Å². The molecule has 1 unspecified atom stereocenters. The summed E-state index contributed by atoms with van der Waals surface area (Å²) in [6, 6.07) is 15.0. The Kier molecular flexibility index (Phi) is 11.9. The van der Waals surface area contributed by atoms with Gasteiger partial charge in [0.1, 0.15) is 23.7 Å². The maximum atomic E-state index is 15.6. The maximum Gasteiger partial charge on any atom is 0.573 e. The number of benzene rings is 4. The number of amides is 5. The van der Waals surface area contributed by atoms with Crippen LogP contribution in [0.3, 0.4) is 0 Å². The fourth-order valence-corrected chi connectivity index (χ4v) is 9.86. The number of likely N-dealkylation sites (tertiary alicyclic amines) is 1. The van der Waals surface area contributed by atoms with Crippen molar-refractivity contribution in [2.24, 2.45) is 12.5 Å². The predicted octanol–water partition coefficient (Wildman–Crippen LogP) is 6.15. The van der Waals surface area contributed by atoms with Gasteiger partial charge in [0, 0.05) is 92.8 Å². The Morgan fingerprint density at radius 2 is 1.71 bits per heavy atom. The first-order valence-electron chi connectivity index (χ1n) is 22.8. The lowest BCUT2D eigenvalue weighted by Gasteiger charge is -2.61. The van der Waals surface area contributed by atoms with Gasteiger partial charge < -0.3 is 43.5 Å². The zero-order valence-corrected chi connectivity index (χ0v) is 38.9. The molecule has 4 aliphatic heterocycles. The van der Waals surface area contributed by atoms with Crippen LogP contribution in [0.4, 0.5) is 28.9 Å². The minimum Gasteiger partial charge on any atom is -0.493 e. The number of hydrogen-bond donors (Lipinski definition) is 2. The molecule has 22 heteroatoms. The van der Waals surface area contributed by atoms with Crippen molar-refractivity contribution in [3.63, 3.8) is 0 Å². The van der Waals surface area contributed by atoms with Crippen molar-refractivity contribution in [2.75, 3.05) is 50.1 Å². The van der Waals surface area contributed by atoms with Gasteiger partial charge in [-0.15, -0.1) is 13.2 Å². The van der Waals surface area contributed by atoms with Gasteiger partial charge in [-0.25, -0.2) is 14.4 Å². The lowest BCUT2D eigenvalue weighted by Crippen LogP contribution is -2.73. The van der Waals surface area contributed by atoms with Crippen molar-refractivity contribution in [3.8, 4) is 28.9 Å². The second kappa shape index (κ2) is 18.1. The summed E-state index contributed by atoms with van der Waals surface area (Å²) in [7, 11) is 2.98. The standard InChI is InChI=1S/C50H44F4N8O10/c1-26-43(44(65)33-17-30(72-50(52,53)54)8-10-36(33)59(26)2)46(67)57-28-6-12-38(34(51)16-28)71-47-32-18-39(69-3)40(19-35(32)55-25-56-47)70-14-4-5-42(64)61-23-49(24-61)21-60(22-49)29-7-9-31-27(15-29)20-62(48(31)68)37-11-13-41(63)58-45(37)66/h6-10,12,15-19,25,37H,4-5,11,13-14,20-24H2,1-3H3,(H,57,67)(H,58,63,66). The number of ether oxygens (including phenoxy) is 4. The van der Waals surface area contributed by atoms with Crippen LogP contribution in [-0.4, -0.2) is 106 Å². The summed E-state index contributed by atoms with van der Waals surface area (Å²) in [6.45, 7) is 4.79. The molecule has 3 fully saturated rings. The second-order valence-electron chi connectivity index (χ2n) is 18.3. The number of piperidine rings is 1. The number of methoxy groups -OCH3 is 1. The van der Waals surface area contributed by atoms with Crippen molar-refractivity contribution in [1.29, 1.82) is 0 Å². The van der Waals surface area contributed by atoms with Gasteiger partial charge in [-0.2, -0.15) is 0 Å². The molecule has 6 aromatic rings. The van der Waals surface area contributed by atoms with Crippen molar-refractivity contribution < 1.29 is 60.5 Å². The van der Waals surface area contributed by atoms with Crippen LogP contribution in [0.15, 0.2) is 77.9 Å². The third kappa shape index (κ3) is 8.91. The van der Waals surface area contributed by atoms with E-state index < -0.39 is 41.2 Å². The molecule has 1 spiro atoms. The lowest BCUT2D eigenvalue weighted by molar-refractivity contribution is -0.274. The minimum absolute atomic E-state index is 0.00473. The van der Waals surface area contributed by atoms with E-state index in [9.17, 15) is 41.9 Å². The van der Waals surface area contributed by atoms with Crippen LogP contribution in [0.25, 0.3) is 21.8 Å². The van der Waals surface area contributed by atoms with E-state index in [2.05, 4.69) is 30.2 Å². The van der Waals surface area contributed by atoms with Crippen molar-refractivity contribution >= 4 is 62.7 Å². The van der Waals surface area contributed by atoms with Gasteiger partial charge in [0.15, 0.2) is 23.1 Å². The predicted molar refractivity (Wildman–Crippen MR) is 250 cm³/mol. The Morgan fingerprint density at radius 3 is 2.44 bits per heavy atom. The van der Waals surface area contributed by atoms with Gasteiger partial charge in [-0.05, 0) is 79.9 Å². The Morgan fingerprint density at radius 1 is 0.917 bits per heavy atom. The number of hydrogen-bond acceptors (Lipinski definition) is 13. The molecule has 0 saturated carbocycles. The Labute approximate surface area is 406 Å². The topological polar surface area (TPSA) is 204 Å². The van der Waals surface area contributed by atoms with Crippen LogP contribution in [-0.2, 0) is 28.0 Å². The summed E-state index contributed by atoms with van der Waals surface area (Å²) in [5, 5.41) is 4.97. The Hall–Kier alpha value is -8.30. The number of halogens is 4. The number of aromatic nitrogens is 3. The van der Waals surface area contributed by atoms with Crippen LogP contribution < -0.4 is 39.9 Å². The third-order valence-electron chi connectivity index (χ3n) is 13.5. The SMILES string of the molecule is COc1cc2c(Oc3ccc(NC(=O)c4c(C)n(C)c5ccc(OC(F)(F)F)cc5c4=O)cc3F)ncnc2cc1OCCCC(=O)N1CC2(C1)CN(c1ccc3c(c1)CN(C1CCC(=O)NC1=O)C3=O)C2. The highest BCUT2D eigenvalue weighted by Gasteiger charge is 2.53. The number of alkyl halides is 3. The largest absolute Gasteiger partial charge is 0.573 e. The number of nitrogens with one attached hydrogen (secondary N) is 2. The highest BCUT2D eigenvalue weighted by atomic mass is 19.4. The summed E-state index contributed by atoms with van der Waals surface area (Å²) >= 11 is 0. The summed E-state index contributed by atoms with van der Waals surface area (Å²) in [6.07, 6.45) is -2.60. The number of carbonyl (C=O) groups is 5. The quantitative estimate of drug-likeness (QED) is 0.0759. The van der Waals surface area contributed by atoms with E-state index in [1.54, 1.807) is 18.2 Å². The molecule has 10 rings (SSSR count). The van der Waals surface area contributed by atoms with Gasteiger partial charge in [-0.3, -0.25) is 34.1 Å². The number of anilines is 2. The first-order valence-corrected chi connectivity index (χ1v) is 22.8. The molecule has 2 aromatic heterocycles. The average Bonchev–Trinajstić information content (AvgIpc) is 3.63. The highest BCUT2D eigenvalue weighted by Crippen LogP contribution is 2.44. The molecule has 5 amide bonds. The van der Waals surface area contributed by atoms with E-state index in [-0.39, 0.29) is 82.1 Å². The van der Waals surface area contributed by atoms with Crippen molar-refractivity contribution in [1.82, 2.24) is 29.7 Å². The van der Waals surface area contributed by atoms with Gasteiger partial charge in [0.25, 0.3) is 11.8 Å². The number of pyridine rings is 1. The average molecular weight is 993 g/mol. The van der Waals surface area contributed by atoms with E-state index in [4.69, 9.17) is 14.2 Å². The summed E-state index contributed by atoms with van der Waals surface area (Å²) in [4.78, 5) is 91.3. The molecule has 4 aliphatic rings. The number of imide groups is 1. The molecule has 0 radical (unpaired) electrons. The molecule has 72 heavy (non-hydrogen) atoms. The number of fused-ring (bicyclic) bond motifs is 3. The van der Waals surface area contributed by atoms with Gasteiger partial charge in [-0.1, -0.05) is 0 Å². The molecule has 0 bridgehead atoms. The number of rotatable bonds is 13. The fourth-order valence-electron chi connectivity index (χ4n) is 9.86. The first kappa shape index (κ1) is 47.4. The molecule has 18 nitrogen and oxygen atoms in total. The molecule has 1 atom stereocenters. The van der Waals surface area contributed by atoms with Gasteiger partial charge in [0.05, 0.1) is 35.5 Å². The van der Waals surface area contributed by atoms with Gasteiger partial charge >= 0.3 is 6.36 Å². The molecular weight excluding hydrogens is 949 g/mol. The summed E-state index contributed by atoms with van der Waals surface area (Å²) < 4.78 is 77.2. The van der Waals surface area contributed by atoms with E-state index in [1.165, 1.54) is 55.1 Å². The van der Waals surface area contributed by atoms with Crippen LogP contribution >= 0.6 is 0 Å². The summed E-state index contributed by atoms with van der Waals surface area (Å²) in [5.41, 5.74) is 1.96. The Bertz CT molecular complexity index is 3330. The zero-order valence-electron chi connectivity index (χ0n) is 38.9. The highest BCUT2D eigenvalue weighted by molar-refractivity contribution is 6.07. The van der Waals surface area contributed by atoms with Crippen LogP contribution in [0.2, 0.25) is 0 Å². The molecule has 6 heterocycles. The Balaban J connectivity index is 0.715. The normalized spacial score (nSPS) is 17.1. The van der Waals surface area contributed by atoms with Crippen molar-refractivity contribution in [2.45, 2.75) is 51.6 Å². The van der Waals surface area contributed by atoms with E-state index in [0.717, 1.165) is 42.5 Å². The molecule has 372 valence electrons.